The van der Waals surface area contributed by atoms with Gasteiger partial charge in [-0.25, -0.2) is 0 Å². The molecule has 4 heteroatoms. The molecule has 4 nitrogen and oxygen atoms in total. The number of amides is 1. The first-order valence-corrected chi connectivity index (χ1v) is 10.3. The lowest BCUT2D eigenvalue weighted by Gasteiger charge is -2.38. The van der Waals surface area contributed by atoms with Crippen molar-refractivity contribution in [2.75, 3.05) is 0 Å². The number of ether oxygens (including phenoxy) is 2. The molecule has 0 saturated heterocycles. The van der Waals surface area contributed by atoms with Crippen LogP contribution in [0.2, 0.25) is 0 Å². The van der Waals surface area contributed by atoms with Gasteiger partial charge in [-0.1, -0.05) is 24.3 Å². The minimum absolute atomic E-state index is 0.0815. The summed E-state index contributed by atoms with van der Waals surface area (Å²) in [6.07, 6.45) is 4.90. The van der Waals surface area contributed by atoms with Crippen LogP contribution in [0.4, 0.5) is 0 Å². The number of hydrogen-bond acceptors (Lipinski definition) is 3. The van der Waals surface area contributed by atoms with Crippen LogP contribution in [0.3, 0.4) is 0 Å². The molecule has 148 valence electrons. The zero-order valence-electron chi connectivity index (χ0n) is 17.0. The summed E-state index contributed by atoms with van der Waals surface area (Å²) in [7, 11) is 0. The molecule has 1 heterocycles. The van der Waals surface area contributed by atoms with E-state index < -0.39 is 6.10 Å². The zero-order valence-corrected chi connectivity index (χ0v) is 17.0. The van der Waals surface area contributed by atoms with Gasteiger partial charge in [-0.05, 0) is 75.8 Å². The maximum absolute atomic E-state index is 12.8. The molecule has 0 bridgehead atoms. The number of fused-ring (bicyclic) bond motifs is 2. The number of hydrogen-bond donors (Lipinski definition) is 1. The Hall–Kier alpha value is -2.49. The Balaban J connectivity index is 1.45. The van der Waals surface area contributed by atoms with Gasteiger partial charge in [-0.15, -0.1) is 0 Å². The fourth-order valence-electron chi connectivity index (χ4n) is 4.26. The standard InChI is InChI=1S/C24H29NO3/c1-16(27-19-13-12-17-8-4-5-9-18(17)14-19)23(26)25-21-15-24(2,3)28-22-11-7-6-10-20(21)22/h6-7,10-14,16,21H,4-5,8-9,15H2,1-3H3,(H,25,26)/t16-,21+/m0/s1. The van der Waals surface area contributed by atoms with E-state index in [0.717, 1.165) is 36.3 Å². The number of carbonyl (C=O) groups is 1. The van der Waals surface area contributed by atoms with Gasteiger partial charge in [-0.2, -0.15) is 0 Å². The molecule has 2 aromatic carbocycles. The van der Waals surface area contributed by atoms with Gasteiger partial charge in [0.15, 0.2) is 6.10 Å². The summed E-state index contributed by atoms with van der Waals surface area (Å²) in [4.78, 5) is 12.8. The fraction of sp³-hybridized carbons (Fsp3) is 0.458. The molecule has 1 aliphatic heterocycles. The molecule has 1 aliphatic carbocycles. The van der Waals surface area contributed by atoms with Crippen LogP contribution >= 0.6 is 0 Å². The smallest absolute Gasteiger partial charge is 0.261 e. The summed E-state index contributed by atoms with van der Waals surface area (Å²) in [5.41, 5.74) is 3.47. The molecule has 28 heavy (non-hydrogen) atoms. The third-order valence-electron chi connectivity index (χ3n) is 5.69. The third-order valence-corrected chi connectivity index (χ3v) is 5.69. The highest BCUT2D eigenvalue weighted by Crippen LogP contribution is 2.39. The van der Waals surface area contributed by atoms with Crippen molar-refractivity contribution in [2.45, 2.75) is 70.6 Å². The van der Waals surface area contributed by atoms with Crippen LogP contribution in [0, 0.1) is 0 Å². The molecule has 0 fully saturated rings. The van der Waals surface area contributed by atoms with E-state index in [-0.39, 0.29) is 17.6 Å². The molecule has 2 aromatic rings. The highest BCUT2D eigenvalue weighted by atomic mass is 16.5. The molecule has 0 aromatic heterocycles. The predicted molar refractivity (Wildman–Crippen MR) is 110 cm³/mol. The van der Waals surface area contributed by atoms with E-state index in [9.17, 15) is 4.79 Å². The van der Waals surface area contributed by atoms with E-state index >= 15 is 0 Å². The number of nitrogens with one attached hydrogen (secondary N) is 1. The number of aryl methyl sites for hydroxylation is 2. The molecule has 4 rings (SSSR count). The van der Waals surface area contributed by atoms with E-state index in [2.05, 4.69) is 31.3 Å². The van der Waals surface area contributed by atoms with Gasteiger partial charge in [0.25, 0.3) is 5.91 Å². The van der Waals surface area contributed by atoms with Crippen LogP contribution in [0.1, 0.15) is 62.8 Å². The number of para-hydroxylation sites is 1. The lowest BCUT2D eigenvalue weighted by Crippen LogP contribution is -2.44. The second-order valence-corrected chi connectivity index (χ2v) is 8.56. The lowest BCUT2D eigenvalue weighted by atomic mass is 9.89. The largest absolute Gasteiger partial charge is 0.487 e. The molecule has 0 radical (unpaired) electrons. The van der Waals surface area contributed by atoms with Gasteiger partial charge in [-0.3, -0.25) is 4.79 Å². The highest BCUT2D eigenvalue weighted by molar-refractivity contribution is 5.81. The minimum atomic E-state index is -0.556. The van der Waals surface area contributed by atoms with Crippen molar-refractivity contribution in [1.82, 2.24) is 5.32 Å². The van der Waals surface area contributed by atoms with Gasteiger partial charge < -0.3 is 14.8 Å². The van der Waals surface area contributed by atoms with Crippen LogP contribution in [-0.2, 0) is 17.6 Å². The Bertz CT molecular complexity index is 874. The van der Waals surface area contributed by atoms with E-state index in [1.54, 1.807) is 0 Å². The Labute approximate surface area is 167 Å². The first kappa shape index (κ1) is 18.9. The van der Waals surface area contributed by atoms with E-state index in [4.69, 9.17) is 9.47 Å². The molecule has 0 saturated carbocycles. The molecule has 0 spiro atoms. The van der Waals surface area contributed by atoms with Crippen molar-refractivity contribution in [3.8, 4) is 11.5 Å². The molecular weight excluding hydrogens is 350 g/mol. The molecule has 2 aliphatic rings. The Morgan fingerprint density at radius 1 is 1.14 bits per heavy atom. The Kier molecular flexibility index (Phi) is 5.05. The number of carbonyl (C=O) groups excluding carboxylic acids is 1. The lowest BCUT2D eigenvalue weighted by molar-refractivity contribution is -0.128. The van der Waals surface area contributed by atoms with Crippen molar-refractivity contribution in [3.05, 3.63) is 59.2 Å². The fourth-order valence-corrected chi connectivity index (χ4v) is 4.26. The first-order chi connectivity index (χ1) is 13.4. The van der Waals surface area contributed by atoms with E-state index in [1.165, 1.54) is 24.0 Å². The van der Waals surface area contributed by atoms with Gasteiger partial charge in [0.1, 0.15) is 17.1 Å². The van der Waals surface area contributed by atoms with Crippen LogP contribution < -0.4 is 14.8 Å². The third kappa shape index (κ3) is 4.01. The molecule has 1 amide bonds. The quantitative estimate of drug-likeness (QED) is 0.834. The zero-order chi connectivity index (χ0) is 19.7. The van der Waals surface area contributed by atoms with Crippen LogP contribution in [0.25, 0.3) is 0 Å². The molecule has 0 unspecified atom stereocenters. The van der Waals surface area contributed by atoms with Crippen LogP contribution in [-0.4, -0.2) is 17.6 Å². The topological polar surface area (TPSA) is 47.6 Å². The average Bonchev–Trinajstić information content (AvgIpc) is 2.67. The SMILES string of the molecule is C[C@H](Oc1ccc2c(c1)CCCC2)C(=O)N[C@@H]1CC(C)(C)Oc2ccccc21. The molecule has 2 atom stereocenters. The van der Waals surface area contributed by atoms with Crippen molar-refractivity contribution in [1.29, 1.82) is 0 Å². The highest BCUT2D eigenvalue weighted by Gasteiger charge is 2.35. The first-order valence-electron chi connectivity index (χ1n) is 10.3. The molecular formula is C24H29NO3. The van der Waals surface area contributed by atoms with Gasteiger partial charge in [0, 0.05) is 12.0 Å². The van der Waals surface area contributed by atoms with Crippen LogP contribution in [0.15, 0.2) is 42.5 Å². The van der Waals surface area contributed by atoms with Crippen molar-refractivity contribution in [3.63, 3.8) is 0 Å². The summed E-state index contributed by atoms with van der Waals surface area (Å²) in [6, 6.07) is 14.1. The summed E-state index contributed by atoms with van der Waals surface area (Å²) < 4.78 is 12.0. The monoisotopic (exact) mass is 379 g/mol. The second kappa shape index (κ2) is 7.50. The summed E-state index contributed by atoms with van der Waals surface area (Å²) in [6.45, 7) is 5.91. The van der Waals surface area contributed by atoms with Gasteiger partial charge in [0.05, 0.1) is 6.04 Å². The minimum Gasteiger partial charge on any atom is -0.487 e. The van der Waals surface area contributed by atoms with E-state index in [0.29, 0.717) is 0 Å². The average molecular weight is 380 g/mol. The Morgan fingerprint density at radius 2 is 1.89 bits per heavy atom. The van der Waals surface area contributed by atoms with E-state index in [1.807, 2.05) is 37.3 Å². The maximum Gasteiger partial charge on any atom is 0.261 e. The van der Waals surface area contributed by atoms with Crippen molar-refractivity contribution >= 4 is 5.91 Å². The summed E-state index contributed by atoms with van der Waals surface area (Å²) in [5, 5.41) is 3.17. The number of rotatable bonds is 4. The maximum atomic E-state index is 12.8. The molecule has 1 N–H and O–H groups in total. The van der Waals surface area contributed by atoms with Gasteiger partial charge >= 0.3 is 0 Å². The van der Waals surface area contributed by atoms with Crippen molar-refractivity contribution < 1.29 is 14.3 Å². The summed E-state index contributed by atoms with van der Waals surface area (Å²) >= 11 is 0. The Morgan fingerprint density at radius 3 is 2.71 bits per heavy atom. The number of benzene rings is 2. The van der Waals surface area contributed by atoms with Crippen LogP contribution in [0.5, 0.6) is 11.5 Å². The predicted octanol–water partition coefficient (Wildman–Crippen LogP) is 4.75. The second-order valence-electron chi connectivity index (χ2n) is 8.56. The normalized spacial score (nSPS) is 20.9. The van der Waals surface area contributed by atoms with Gasteiger partial charge in [0.2, 0.25) is 0 Å². The summed E-state index contributed by atoms with van der Waals surface area (Å²) in [5.74, 6) is 1.51. The van der Waals surface area contributed by atoms with Crippen molar-refractivity contribution in [2.24, 2.45) is 0 Å².